The molecule has 0 fully saturated rings. The van der Waals surface area contributed by atoms with Crippen LogP contribution in [0.2, 0.25) is 0 Å². The summed E-state index contributed by atoms with van der Waals surface area (Å²) in [6.07, 6.45) is -1.40. The van der Waals surface area contributed by atoms with E-state index in [-0.39, 0.29) is 6.54 Å². The van der Waals surface area contributed by atoms with Gasteiger partial charge in [-0.2, -0.15) is 13.2 Å². The molecule has 0 unspecified atom stereocenters. The van der Waals surface area contributed by atoms with Gasteiger partial charge in [0, 0.05) is 19.4 Å². The molecule has 1 heterocycles. The van der Waals surface area contributed by atoms with Crippen LogP contribution in [-0.4, -0.2) is 44.8 Å². The minimum atomic E-state index is -4.43. The van der Waals surface area contributed by atoms with Crippen LogP contribution < -0.4 is 0 Å². The average molecular weight is 251 g/mol. The van der Waals surface area contributed by atoms with E-state index in [9.17, 15) is 18.0 Å². The molecule has 8 heteroatoms. The highest BCUT2D eigenvalue weighted by Gasteiger charge is 2.31. The first-order valence-electron chi connectivity index (χ1n) is 4.75. The van der Waals surface area contributed by atoms with Crippen LogP contribution in [0, 0.1) is 0 Å². The van der Waals surface area contributed by atoms with Crippen LogP contribution in [0.5, 0.6) is 0 Å². The maximum absolute atomic E-state index is 12.2. The van der Waals surface area contributed by atoms with Crippen molar-refractivity contribution in [3.8, 4) is 0 Å². The van der Waals surface area contributed by atoms with E-state index < -0.39 is 25.2 Å². The Bertz CT molecular complexity index is 389. The second kappa shape index (κ2) is 5.17. The fraction of sp³-hybridized carbons (Fsp3) is 0.556. The van der Waals surface area contributed by atoms with Crippen molar-refractivity contribution in [1.82, 2.24) is 14.5 Å². The molecule has 96 valence electrons. The second-order valence-electron chi connectivity index (χ2n) is 3.61. The van der Waals surface area contributed by atoms with Crippen molar-refractivity contribution >= 4 is 5.97 Å². The lowest BCUT2D eigenvalue weighted by Gasteiger charge is -2.21. The summed E-state index contributed by atoms with van der Waals surface area (Å²) in [5.74, 6) is -0.918. The Morgan fingerprint density at radius 2 is 2.24 bits per heavy atom. The summed E-state index contributed by atoms with van der Waals surface area (Å²) in [6, 6.07) is 0. The lowest BCUT2D eigenvalue weighted by atomic mass is 10.4. The predicted octanol–water partition coefficient (Wildman–Crippen LogP) is 0.869. The highest BCUT2D eigenvalue weighted by Crippen LogP contribution is 2.17. The number of rotatable bonds is 5. The third-order valence-corrected chi connectivity index (χ3v) is 2.05. The lowest BCUT2D eigenvalue weighted by molar-refractivity contribution is -0.155. The minimum absolute atomic E-state index is 0.157. The van der Waals surface area contributed by atoms with E-state index in [4.69, 9.17) is 5.11 Å². The highest BCUT2D eigenvalue weighted by molar-refractivity contribution is 5.69. The van der Waals surface area contributed by atoms with Crippen molar-refractivity contribution in [3.63, 3.8) is 0 Å². The Kier molecular flexibility index (Phi) is 4.11. The topological polar surface area (TPSA) is 58.4 Å². The fourth-order valence-corrected chi connectivity index (χ4v) is 1.36. The summed E-state index contributed by atoms with van der Waals surface area (Å²) in [7, 11) is 1.63. The number of alkyl halides is 3. The van der Waals surface area contributed by atoms with Gasteiger partial charge in [-0.1, -0.05) is 0 Å². The average Bonchev–Trinajstić information content (AvgIpc) is 2.47. The van der Waals surface area contributed by atoms with Crippen LogP contribution in [0.25, 0.3) is 0 Å². The van der Waals surface area contributed by atoms with Crippen LogP contribution in [0.4, 0.5) is 13.2 Å². The van der Waals surface area contributed by atoms with Crippen molar-refractivity contribution in [2.24, 2.45) is 7.05 Å². The van der Waals surface area contributed by atoms with Crippen LogP contribution in [0.15, 0.2) is 12.4 Å². The van der Waals surface area contributed by atoms with Gasteiger partial charge in [0.05, 0.1) is 19.6 Å². The Balaban J connectivity index is 2.70. The molecule has 17 heavy (non-hydrogen) atoms. The van der Waals surface area contributed by atoms with Gasteiger partial charge in [0.15, 0.2) is 0 Å². The summed E-state index contributed by atoms with van der Waals surface area (Å²) in [6.45, 7) is -2.10. The number of carbonyl (C=O) groups is 1. The monoisotopic (exact) mass is 251 g/mol. The molecule has 0 amide bonds. The summed E-state index contributed by atoms with van der Waals surface area (Å²) in [5, 5.41) is 8.54. The van der Waals surface area contributed by atoms with Gasteiger partial charge in [0.1, 0.15) is 5.82 Å². The molecule has 0 atom stereocenters. The van der Waals surface area contributed by atoms with Crippen molar-refractivity contribution in [1.29, 1.82) is 0 Å². The molecule has 0 saturated heterocycles. The van der Waals surface area contributed by atoms with Crippen LogP contribution in [0.1, 0.15) is 5.82 Å². The third-order valence-electron chi connectivity index (χ3n) is 2.05. The molecule has 0 aromatic carbocycles. The molecule has 0 aliphatic heterocycles. The normalized spacial score (nSPS) is 12.1. The van der Waals surface area contributed by atoms with E-state index in [0.717, 1.165) is 4.90 Å². The van der Waals surface area contributed by atoms with Crippen molar-refractivity contribution in [2.75, 3.05) is 13.1 Å². The Morgan fingerprint density at radius 3 is 2.65 bits per heavy atom. The minimum Gasteiger partial charge on any atom is -0.480 e. The standard InChI is InChI=1S/C9H12F3N3O2/c1-14-3-2-13-7(14)4-15(5-8(16)17)6-9(10,11)12/h2-3H,4-6H2,1H3,(H,16,17). The zero-order valence-electron chi connectivity index (χ0n) is 9.11. The Labute approximate surface area is 95.5 Å². The largest absolute Gasteiger partial charge is 0.480 e. The predicted molar refractivity (Wildman–Crippen MR) is 52.2 cm³/mol. The zero-order valence-corrected chi connectivity index (χ0v) is 9.11. The van der Waals surface area contributed by atoms with Crippen LogP contribution in [-0.2, 0) is 18.4 Å². The second-order valence-corrected chi connectivity index (χ2v) is 3.61. The Morgan fingerprint density at radius 1 is 1.59 bits per heavy atom. The van der Waals surface area contributed by atoms with E-state index >= 15 is 0 Å². The summed E-state index contributed by atoms with van der Waals surface area (Å²) in [5.41, 5.74) is 0. The molecule has 1 aromatic heterocycles. The number of hydrogen-bond acceptors (Lipinski definition) is 3. The number of aromatic nitrogens is 2. The number of hydrogen-bond donors (Lipinski definition) is 1. The van der Waals surface area contributed by atoms with E-state index in [1.807, 2.05) is 0 Å². The first-order chi connectivity index (χ1) is 7.78. The summed E-state index contributed by atoms with van der Waals surface area (Å²) >= 11 is 0. The maximum atomic E-state index is 12.2. The van der Waals surface area contributed by atoms with Gasteiger partial charge < -0.3 is 9.67 Å². The molecular weight excluding hydrogens is 239 g/mol. The molecule has 0 radical (unpaired) electrons. The summed E-state index contributed by atoms with van der Waals surface area (Å²) < 4.78 is 38.2. The van der Waals surface area contributed by atoms with Crippen LogP contribution in [0.3, 0.4) is 0 Å². The number of aryl methyl sites for hydroxylation is 1. The van der Waals surface area contributed by atoms with Crippen molar-refractivity contribution < 1.29 is 23.1 Å². The quantitative estimate of drug-likeness (QED) is 0.843. The maximum Gasteiger partial charge on any atom is 0.401 e. The number of carboxylic acids is 1. The molecule has 0 aliphatic carbocycles. The Hall–Kier alpha value is -1.57. The molecule has 5 nitrogen and oxygen atoms in total. The first-order valence-corrected chi connectivity index (χ1v) is 4.75. The van der Waals surface area contributed by atoms with Gasteiger partial charge in [-0.15, -0.1) is 0 Å². The van der Waals surface area contributed by atoms with Gasteiger partial charge in [0.2, 0.25) is 0 Å². The van der Waals surface area contributed by atoms with Gasteiger partial charge >= 0.3 is 12.1 Å². The van der Waals surface area contributed by atoms with E-state index in [1.165, 1.54) is 6.20 Å². The first kappa shape index (κ1) is 13.5. The fourth-order valence-electron chi connectivity index (χ4n) is 1.36. The zero-order chi connectivity index (χ0) is 13.1. The number of aliphatic carboxylic acids is 1. The number of imidazole rings is 1. The van der Waals surface area contributed by atoms with Crippen molar-refractivity contribution in [3.05, 3.63) is 18.2 Å². The molecule has 1 rings (SSSR count). The molecule has 1 N–H and O–H groups in total. The van der Waals surface area contributed by atoms with Gasteiger partial charge in [-0.3, -0.25) is 9.69 Å². The molecule has 0 bridgehead atoms. The molecule has 0 saturated carbocycles. The van der Waals surface area contributed by atoms with Gasteiger partial charge in [-0.25, -0.2) is 4.98 Å². The molecular formula is C9H12F3N3O2. The van der Waals surface area contributed by atoms with E-state index in [1.54, 1.807) is 17.8 Å². The van der Waals surface area contributed by atoms with Crippen molar-refractivity contribution in [2.45, 2.75) is 12.7 Å². The van der Waals surface area contributed by atoms with Gasteiger partial charge in [0.25, 0.3) is 0 Å². The number of halogens is 3. The smallest absolute Gasteiger partial charge is 0.401 e. The molecule has 0 spiro atoms. The van der Waals surface area contributed by atoms with Gasteiger partial charge in [-0.05, 0) is 0 Å². The van der Waals surface area contributed by atoms with E-state index in [0.29, 0.717) is 5.82 Å². The lowest BCUT2D eigenvalue weighted by Crippen LogP contribution is -2.37. The molecule has 1 aromatic rings. The van der Waals surface area contributed by atoms with Crippen LogP contribution >= 0.6 is 0 Å². The highest BCUT2D eigenvalue weighted by atomic mass is 19.4. The molecule has 0 aliphatic rings. The number of carboxylic acid groups (broad SMARTS) is 1. The third kappa shape index (κ3) is 4.85. The SMILES string of the molecule is Cn1ccnc1CN(CC(=O)O)CC(F)(F)F. The summed E-state index contributed by atoms with van der Waals surface area (Å²) in [4.78, 5) is 15.1. The number of nitrogens with zero attached hydrogens (tertiary/aromatic N) is 3. The van der Waals surface area contributed by atoms with E-state index in [2.05, 4.69) is 4.98 Å².